The molecule has 0 rings (SSSR count). The summed E-state index contributed by atoms with van der Waals surface area (Å²) in [6.45, 7) is 7.61. The summed E-state index contributed by atoms with van der Waals surface area (Å²) in [4.78, 5) is 10.7. The summed E-state index contributed by atoms with van der Waals surface area (Å²) < 4.78 is 0. The Kier molecular flexibility index (Phi) is 4.55. The Bertz CT molecular complexity index is 136. The molecule has 1 heteroatoms. The molecule has 0 radical (unpaired) electrons. The highest BCUT2D eigenvalue weighted by Gasteiger charge is 1.88. The Labute approximate surface area is 62.4 Å². The number of allylic oxidation sites excluding steroid dienone is 3. The standard InChI is InChI=1S/C9H14O/c1-4-8(3)6-7-9(10)5-2/h6-7H,3-5H2,1-2H3/b7-6+. The van der Waals surface area contributed by atoms with Gasteiger partial charge in [0, 0.05) is 6.42 Å². The van der Waals surface area contributed by atoms with Gasteiger partial charge < -0.3 is 0 Å². The average molecular weight is 138 g/mol. The molecule has 56 valence electrons. The van der Waals surface area contributed by atoms with Crippen molar-refractivity contribution in [2.75, 3.05) is 0 Å². The zero-order valence-corrected chi connectivity index (χ0v) is 6.68. The van der Waals surface area contributed by atoms with Gasteiger partial charge in [0.1, 0.15) is 0 Å². The van der Waals surface area contributed by atoms with E-state index in [1.807, 2.05) is 13.8 Å². The van der Waals surface area contributed by atoms with E-state index >= 15 is 0 Å². The maximum atomic E-state index is 10.7. The first-order valence-electron chi connectivity index (χ1n) is 3.59. The van der Waals surface area contributed by atoms with Crippen LogP contribution < -0.4 is 0 Å². The van der Waals surface area contributed by atoms with Gasteiger partial charge in [0.05, 0.1) is 0 Å². The average Bonchev–Trinajstić information content (AvgIpc) is 1.99. The van der Waals surface area contributed by atoms with Crippen LogP contribution in [0, 0.1) is 0 Å². The molecular weight excluding hydrogens is 124 g/mol. The maximum absolute atomic E-state index is 10.7. The van der Waals surface area contributed by atoms with Gasteiger partial charge in [-0.1, -0.05) is 32.1 Å². The summed E-state index contributed by atoms with van der Waals surface area (Å²) >= 11 is 0. The Hall–Kier alpha value is -0.850. The smallest absolute Gasteiger partial charge is 0.155 e. The molecule has 0 bridgehead atoms. The zero-order valence-electron chi connectivity index (χ0n) is 6.68. The van der Waals surface area contributed by atoms with E-state index in [2.05, 4.69) is 6.58 Å². The third-order valence-corrected chi connectivity index (χ3v) is 1.31. The summed E-state index contributed by atoms with van der Waals surface area (Å²) in [5.41, 5.74) is 1.00. The van der Waals surface area contributed by atoms with Crippen LogP contribution in [0.4, 0.5) is 0 Å². The predicted molar refractivity (Wildman–Crippen MR) is 43.9 cm³/mol. The lowest BCUT2D eigenvalue weighted by Crippen LogP contribution is -1.86. The monoisotopic (exact) mass is 138 g/mol. The van der Waals surface area contributed by atoms with Crippen molar-refractivity contribution in [3.05, 3.63) is 24.3 Å². The highest BCUT2D eigenvalue weighted by Crippen LogP contribution is 1.98. The van der Waals surface area contributed by atoms with E-state index < -0.39 is 0 Å². The fraction of sp³-hybridized carbons (Fsp3) is 0.444. The lowest BCUT2D eigenvalue weighted by molar-refractivity contribution is -0.114. The molecule has 0 saturated heterocycles. The largest absolute Gasteiger partial charge is 0.295 e. The van der Waals surface area contributed by atoms with Crippen LogP contribution in [0.25, 0.3) is 0 Å². The van der Waals surface area contributed by atoms with Gasteiger partial charge in [0.2, 0.25) is 0 Å². The molecule has 0 heterocycles. The minimum Gasteiger partial charge on any atom is -0.295 e. The first-order valence-corrected chi connectivity index (χ1v) is 3.59. The second-order valence-corrected chi connectivity index (χ2v) is 2.17. The summed E-state index contributed by atoms with van der Waals surface area (Å²) in [6.07, 6.45) is 4.86. The minimum absolute atomic E-state index is 0.162. The topological polar surface area (TPSA) is 17.1 Å². The number of carbonyl (C=O) groups is 1. The molecule has 0 atom stereocenters. The zero-order chi connectivity index (χ0) is 7.98. The molecule has 0 aliphatic carbocycles. The summed E-state index contributed by atoms with van der Waals surface area (Å²) in [6, 6.07) is 0. The molecule has 1 nitrogen and oxygen atoms in total. The van der Waals surface area contributed by atoms with Crippen LogP contribution in [0.15, 0.2) is 24.3 Å². The summed E-state index contributed by atoms with van der Waals surface area (Å²) in [5, 5.41) is 0. The van der Waals surface area contributed by atoms with Crippen LogP contribution in [-0.2, 0) is 4.79 Å². The second-order valence-electron chi connectivity index (χ2n) is 2.17. The first kappa shape index (κ1) is 9.15. The van der Waals surface area contributed by atoms with E-state index in [-0.39, 0.29) is 5.78 Å². The second kappa shape index (κ2) is 4.98. The molecule has 0 aliphatic heterocycles. The van der Waals surface area contributed by atoms with Crippen molar-refractivity contribution >= 4 is 5.78 Å². The van der Waals surface area contributed by atoms with Crippen LogP contribution in [0.5, 0.6) is 0 Å². The van der Waals surface area contributed by atoms with Gasteiger partial charge in [-0.05, 0) is 12.5 Å². The molecule has 0 unspecified atom stereocenters. The molecule has 0 fully saturated rings. The molecule has 0 aromatic carbocycles. The van der Waals surface area contributed by atoms with E-state index in [4.69, 9.17) is 0 Å². The van der Waals surface area contributed by atoms with E-state index in [1.54, 1.807) is 12.2 Å². The van der Waals surface area contributed by atoms with E-state index in [0.29, 0.717) is 6.42 Å². The minimum atomic E-state index is 0.162. The third-order valence-electron chi connectivity index (χ3n) is 1.31. The van der Waals surface area contributed by atoms with Crippen molar-refractivity contribution < 1.29 is 4.79 Å². The maximum Gasteiger partial charge on any atom is 0.155 e. The van der Waals surface area contributed by atoms with Gasteiger partial charge >= 0.3 is 0 Å². The van der Waals surface area contributed by atoms with Crippen molar-refractivity contribution in [3.63, 3.8) is 0 Å². The number of ketones is 1. The van der Waals surface area contributed by atoms with Crippen molar-refractivity contribution in [2.45, 2.75) is 26.7 Å². The molecule has 0 aromatic heterocycles. The predicted octanol–water partition coefficient (Wildman–Crippen LogP) is 2.49. The van der Waals surface area contributed by atoms with Crippen LogP contribution in [0.2, 0.25) is 0 Å². The summed E-state index contributed by atoms with van der Waals surface area (Å²) in [7, 11) is 0. The molecule has 0 N–H and O–H groups in total. The van der Waals surface area contributed by atoms with Crippen molar-refractivity contribution in [3.8, 4) is 0 Å². The van der Waals surface area contributed by atoms with Crippen LogP contribution in [0.1, 0.15) is 26.7 Å². The Morgan fingerprint density at radius 3 is 2.30 bits per heavy atom. The fourth-order valence-corrected chi connectivity index (χ4v) is 0.446. The van der Waals surface area contributed by atoms with Gasteiger partial charge in [-0.2, -0.15) is 0 Å². The highest BCUT2D eigenvalue weighted by atomic mass is 16.1. The highest BCUT2D eigenvalue weighted by molar-refractivity contribution is 5.89. The molecule has 0 saturated carbocycles. The third kappa shape index (κ3) is 4.07. The lowest BCUT2D eigenvalue weighted by Gasteiger charge is -1.89. The van der Waals surface area contributed by atoms with Crippen LogP contribution in [0.3, 0.4) is 0 Å². The van der Waals surface area contributed by atoms with Gasteiger partial charge in [0.25, 0.3) is 0 Å². The lowest BCUT2D eigenvalue weighted by atomic mass is 10.2. The fourth-order valence-electron chi connectivity index (χ4n) is 0.446. The first-order chi connectivity index (χ1) is 4.70. The number of carbonyl (C=O) groups excluding carboxylic acids is 1. The van der Waals surface area contributed by atoms with E-state index in [1.165, 1.54) is 0 Å². The number of hydrogen-bond acceptors (Lipinski definition) is 1. The molecular formula is C9H14O. The van der Waals surface area contributed by atoms with Gasteiger partial charge in [-0.15, -0.1) is 0 Å². The van der Waals surface area contributed by atoms with Crippen molar-refractivity contribution in [2.24, 2.45) is 0 Å². The molecule has 0 aromatic rings. The van der Waals surface area contributed by atoms with Gasteiger partial charge in [0.15, 0.2) is 5.78 Å². The molecule has 0 amide bonds. The van der Waals surface area contributed by atoms with Crippen LogP contribution >= 0.6 is 0 Å². The molecule has 0 aliphatic rings. The summed E-state index contributed by atoms with van der Waals surface area (Å²) in [5.74, 6) is 0.162. The Morgan fingerprint density at radius 2 is 1.90 bits per heavy atom. The van der Waals surface area contributed by atoms with E-state index in [0.717, 1.165) is 12.0 Å². The quantitative estimate of drug-likeness (QED) is 0.431. The number of rotatable bonds is 4. The normalized spacial score (nSPS) is 10.2. The molecule has 10 heavy (non-hydrogen) atoms. The van der Waals surface area contributed by atoms with Crippen LogP contribution in [-0.4, -0.2) is 5.78 Å². The molecule has 0 spiro atoms. The Morgan fingerprint density at radius 1 is 1.30 bits per heavy atom. The van der Waals surface area contributed by atoms with Gasteiger partial charge in [-0.25, -0.2) is 0 Å². The van der Waals surface area contributed by atoms with Gasteiger partial charge in [-0.3, -0.25) is 4.79 Å². The number of hydrogen-bond donors (Lipinski definition) is 0. The van der Waals surface area contributed by atoms with Crippen molar-refractivity contribution in [1.29, 1.82) is 0 Å². The van der Waals surface area contributed by atoms with E-state index in [9.17, 15) is 4.79 Å². The Balaban J connectivity index is 3.75. The SMILES string of the molecule is C=C(/C=C/C(=O)CC)CC. The van der Waals surface area contributed by atoms with Crippen molar-refractivity contribution in [1.82, 2.24) is 0 Å².